The summed E-state index contributed by atoms with van der Waals surface area (Å²) in [6.07, 6.45) is 5.43. The fraction of sp³-hybridized carbons (Fsp3) is 0.500. The number of nitrogens with one attached hydrogen (secondary N) is 2. The predicted molar refractivity (Wildman–Crippen MR) is 110 cm³/mol. The quantitative estimate of drug-likeness (QED) is 0.793. The Kier molecular flexibility index (Phi) is 6.00. The van der Waals surface area contributed by atoms with Gasteiger partial charge in [0.05, 0.1) is 5.69 Å². The Labute approximate surface area is 165 Å². The molecule has 0 radical (unpaired) electrons. The molecule has 2 fully saturated rings. The van der Waals surface area contributed by atoms with Crippen LogP contribution in [-0.4, -0.2) is 23.0 Å². The van der Waals surface area contributed by atoms with Crippen molar-refractivity contribution < 1.29 is 4.79 Å². The second-order valence-electron chi connectivity index (χ2n) is 7.58. The largest absolute Gasteiger partial charge is 0.311 e. The van der Waals surface area contributed by atoms with Crippen LogP contribution in [0.2, 0.25) is 0 Å². The van der Waals surface area contributed by atoms with Crippen LogP contribution in [0.25, 0.3) is 11.3 Å². The number of nitrogens with zero attached hydrogens (tertiary/aromatic N) is 1. The van der Waals surface area contributed by atoms with Gasteiger partial charge in [-0.2, -0.15) is 0 Å². The number of hydrogen-bond donors (Lipinski definition) is 2. The first-order valence-corrected chi connectivity index (χ1v) is 10.0. The number of fused-ring (bicyclic) bond motifs is 2. The van der Waals surface area contributed by atoms with Gasteiger partial charge in [0.1, 0.15) is 0 Å². The maximum absolute atomic E-state index is 12.4. The number of hydrogen-bond acceptors (Lipinski definition) is 4. The number of carbonyl (C=O) groups excluding carboxylic acids is 1. The Hall–Kier alpha value is -1.43. The van der Waals surface area contributed by atoms with Crippen molar-refractivity contribution in [2.24, 2.45) is 5.92 Å². The molecule has 1 aromatic heterocycles. The van der Waals surface area contributed by atoms with Crippen molar-refractivity contribution >= 4 is 34.8 Å². The average Bonchev–Trinajstić information content (AvgIpc) is 3.14. The summed E-state index contributed by atoms with van der Waals surface area (Å²) in [5, 5.41) is 9.37. The van der Waals surface area contributed by atoms with E-state index in [1.54, 1.807) is 0 Å². The molecule has 1 aromatic carbocycles. The number of anilines is 1. The number of aryl methyl sites for hydroxylation is 2. The zero-order chi connectivity index (χ0) is 17.4. The monoisotopic (exact) mass is 391 g/mol. The molecule has 0 saturated carbocycles. The lowest BCUT2D eigenvalue weighted by Crippen LogP contribution is -2.39. The van der Waals surface area contributed by atoms with Gasteiger partial charge in [-0.25, -0.2) is 4.98 Å². The average molecular weight is 392 g/mol. The lowest BCUT2D eigenvalue weighted by molar-refractivity contribution is -0.117. The fourth-order valence-corrected chi connectivity index (χ4v) is 5.06. The van der Waals surface area contributed by atoms with Crippen LogP contribution in [0.4, 0.5) is 5.13 Å². The van der Waals surface area contributed by atoms with Crippen LogP contribution >= 0.6 is 23.7 Å². The molecule has 4 rings (SSSR count). The molecule has 2 N–H and O–H groups in total. The van der Waals surface area contributed by atoms with Crippen molar-refractivity contribution in [1.29, 1.82) is 0 Å². The third-order valence-electron chi connectivity index (χ3n) is 5.45. The highest BCUT2D eigenvalue weighted by Gasteiger charge is 2.34. The zero-order valence-corrected chi connectivity index (χ0v) is 16.9. The summed E-state index contributed by atoms with van der Waals surface area (Å²) in [6.45, 7) is 4.20. The molecule has 0 spiro atoms. The van der Waals surface area contributed by atoms with Gasteiger partial charge in [-0.05, 0) is 51.0 Å². The van der Waals surface area contributed by atoms with Crippen molar-refractivity contribution in [3.05, 3.63) is 34.7 Å². The number of thiazole rings is 1. The topological polar surface area (TPSA) is 54.0 Å². The van der Waals surface area contributed by atoms with Crippen molar-refractivity contribution in [3.63, 3.8) is 0 Å². The molecule has 140 valence electrons. The summed E-state index contributed by atoms with van der Waals surface area (Å²) in [5.74, 6) is 0.616. The molecular weight excluding hydrogens is 366 g/mol. The van der Waals surface area contributed by atoms with E-state index in [9.17, 15) is 4.79 Å². The highest BCUT2D eigenvalue weighted by molar-refractivity contribution is 7.14. The molecule has 26 heavy (non-hydrogen) atoms. The van der Waals surface area contributed by atoms with E-state index < -0.39 is 0 Å². The molecule has 2 aliphatic rings. The number of aromatic nitrogens is 1. The van der Waals surface area contributed by atoms with E-state index in [0.29, 0.717) is 29.6 Å². The van der Waals surface area contributed by atoms with Gasteiger partial charge >= 0.3 is 0 Å². The van der Waals surface area contributed by atoms with E-state index in [4.69, 9.17) is 0 Å². The van der Waals surface area contributed by atoms with Gasteiger partial charge in [0, 0.05) is 29.4 Å². The van der Waals surface area contributed by atoms with Crippen molar-refractivity contribution in [2.45, 2.75) is 58.0 Å². The van der Waals surface area contributed by atoms with Gasteiger partial charge in [-0.15, -0.1) is 23.7 Å². The molecule has 3 heterocycles. The van der Waals surface area contributed by atoms with Crippen molar-refractivity contribution in [3.8, 4) is 11.3 Å². The Balaban J connectivity index is 0.00000196. The summed E-state index contributed by atoms with van der Waals surface area (Å²) in [4.78, 5) is 17.0. The third-order valence-corrected chi connectivity index (χ3v) is 6.21. The van der Waals surface area contributed by atoms with Crippen LogP contribution in [0.1, 0.15) is 43.2 Å². The van der Waals surface area contributed by atoms with E-state index in [2.05, 4.69) is 47.7 Å². The van der Waals surface area contributed by atoms with Gasteiger partial charge in [0.25, 0.3) is 0 Å². The minimum Gasteiger partial charge on any atom is -0.311 e. The standard InChI is InChI=1S/C20H25N3OS.ClH/c1-12-3-6-17(13(2)7-12)18-11-25-20(22-18)23-19(24)10-14-8-15-4-5-16(9-14)21-15;/h3,6-7,11,14-16,21H,4-5,8-10H2,1-2H3,(H,22,23,24);1H. The lowest BCUT2D eigenvalue weighted by Gasteiger charge is -2.28. The number of rotatable bonds is 4. The molecule has 2 bridgehead atoms. The summed E-state index contributed by atoms with van der Waals surface area (Å²) in [7, 11) is 0. The predicted octanol–water partition coefficient (Wildman–Crippen LogP) is 4.71. The summed E-state index contributed by atoms with van der Waals surface area (Å²) in [5.41, 5.74) is 4.55. The van der Waals surface area contributed by atoms with Gasteiger partial charge in [0.15, 0.2) is 5.13 Å². The highest BCUT2D eigenvalue weighted by atomic mass is 35.5. The Morgan fingerprint density at radius 3 is 2.69 bits per heavy atom. The molecule has 2 saturated heterocycles. The Morgan fingerprint density at radius 2 is 2.00 bits per heavy atom. The maximum atomic E-state index is 12.4. The van der Waals surface area contributed by atoms with Gasteiger partial charge in [-0.3, -0.25) is 4.79 Å². The van der Waals surface area contributed by atoms with Crippen molar-refractivity contribution in [1.82, 2.24) is 10.3 Å². The van der Waals surface area contributed by atoms with Crippen LogP contribution in [-0.2, 0) is 4.79 Å². The first kappa shape index (κ1) is 19.3. The Morgan fingerprint density at radius 1 is 1.27 bits per heavy atom. The van der Waals surface area contributed by atoms with Crippen LogP contribution < -0.4 is 10.6 Å². The van der Waals surface area contributed by atoms with Crippen LogP contribution in [0.3, 0.4) is 0 Å². The number of carbonyl (C=O) groups is 1. The second kappa shape index (κ2) is 8.07. The molecule has 2 unspecified atom stereocenters. The van der Waals surface area contributed by atoms with E-state index >= 15 is 0 Å². The molecular formula is C20H26ClN3OS. The minimum atomic E-state index is 0. The van der Waals surface area contributed by atoms with E-state index in [1.807, 2.05) is 5.38 Å². The smallest absolute Gasteiger partial charge is 0.226 e. The van der Waals surface area contributed by atoms with Gasteiger partial charge < -0.3 is 10.6 Å². The first-order chi connectivity index (χ1) is 12.1. The molecule has 2 aromatic rings. The van der Waals surface area contributed by atoms with Crippen LogP contribution in [0, 0.1) is 19.8 Å². The fourth-order valence-electron chi connectivity index (χ4n) is 4.33. The number of halogens is 1. The Bertz CT molecular complexity index is 779. The minimum absolute atomic E-state index is 0. The molecule has 0 aliphatic carbocycles. The second-order valence-corrected chi connectivity index (χ2v) is 8.44. The number of piperidine rings is 1. The maximum Gasteiger partial charge on any atom is 0.226 e. The van der Waals surface area contributed by atoms with Gasteiger partial charge in [-0.1, -0.05) is 23.8 Å². The van der Waals surface area contributed by atoms with E-state index in [1.165, 1.54) is 35.3 Å². The van der Waals surface area contributed by atoms with Gasteiger partial charge in [0.2, 0.25) is 5.91 Å². The third kappa shape index (κ3) is 4.27. The van der Waals surface area contributed by atoms with Crippen LogP contribution in [0.15, 0.2) is 23.6 Å². The van der Waals surface area contributed by atoms with E-state index in [-0.39, 0.29) is 18.3 Å². The normalized spacial score (nSPS) is 24.2. The van der Waals surface area contributed by atoms with E-state index in [0.717, 1.165) is 24.1 Å². The number of benzene rings is 1. The molecule has 1 amide bonds. The molecule has 6 heteroatoms. The summed E-state index contributed by atoms with van der Waals surface area (Å²) in [6, 6.07) is 7.64. The van der Waals surface area contributed by atoms with Crippen molar-refractivity contribution in [2.75, 3.05) is 5.32 Å². The van der Waals surface area contributed by atoms with Crippen LogP contribution in [0.5, 0.6) is 0 Å². The first-order valence-electron chi connectivity index (χ1n) is 9.16. The summed E-state index contributed by atoms with van der Waals surface area (Å²) < 4.78 is 0. The zero-order valence-electron chi connectivity index (χ0n) is 15.2. The molecule has 2 aliphatic heterocycles. The molecule has 4 nitrogen and oxygen atoms in total. The highest BCUT2D eigenvalue weighted by Crippen LogP contribution is 2.33. The number of amides is 1. The molecule has 2 atom stereocenters. The lowest BCUT2D eigenvalue weighted by atomic mass is 9.89. The summed E-state index contributed by atoms with van der Waals surface area (Å²) >= 11 is 1.51. The SMILES string of the molecule is Cc1ccc(-c2csc(NC(=O)CC3CC4CCC(C3)N4)n2)c(C)c1.Cl.